The van der Waals surface area contributed by atoms with Crippen molar-refractivity contribution >= 4 is 33.2 Å². The minimum atomic E-state index is -0.243. The first-order valence-corrected chi connectivity index (χ1v) is 7.07. The molecule has 0 bridgehead atoms. The molecule has 2 amide bonds. The number of rotatable bonds is 2. The van der Waals surface area contributed by atoms with Crippen molar-refractivity contribution in [2.75, 3.05) is 0 Å². The van der Waals surface area contributed by atoms with Gasteiger partial charge in [0.05, 0.1) is 4.88 Å². The predicted octanol–water partition coefficient (Wildman–Crippen LogP) is 2.38. The maximum absolute atomic E-state index is 12.1. The summed E-state index contributed by atoms with van der Waals surface area (Å²) in [5.74, 6) is -0.247. The number of fused-ring (bicyclic) bond motifs is 1. The SMILES string of the molecule is Cc1c(C(=O)NNC(=O)C2CC2)sc2ccccc12. The van der Waals surface area contributed by atoms with Crippen LogP contribution in [0.5, 0.6) is 0 Å². The van der Waals surface area contributed by atoms with Gasteiger partial charge in [-0.05, 0) is 36.8 Å². The van der Waals surface area contributed by atoms with Gasteiger partial charge in [0.25, 0.3) is 5.91 Å². The third-order valence-corrected chi connectivity index (χ3v) is 4.57. The molecule has 1 aromatic heterocycles. The van der Waals surface area contributed by atoms with Gasteiger partial charge >= 0.3 is 0 Å². The average molecular weight is 274 g/mol. The fraction of sp³-hybridized carbons (Fsp3) is 0.286. The van der Waals surface area contributed by atoms with Gasteiger partial charge in [0, 0.05) is 10.6 Å². The van der Waals surface area contributed by atoms with Gasteiger partial charge in [0.1, 0.15) is 0 Å². The number of carbonyl (C=O) groups is 2. The Bertz CT molecular complexity index is 659. The molecule has 1 aliphatic rings. The van der Waals surface area contributed by atoms with E-state index in [0.717, 1.165) is 28.5 Å². The number of hydrogen-bond donors (Lipinski definition) is 2. The Hall–Kier alpha value is -1.88. The smallest absolute Gasteiger partial charge is 0.273 e. The van der Waals surface area contributed by atoms with Crippen molar-refractivity contribution in [1.82, 2.24) is 10.9 Å². The zero-order chi connectivity index (χ0) is 13.4. The molecule has 1 aromatic carbocycles. The van der Waals surface area contributed by atoms with Crippen LogP contribution in [-0.2, 0) is 4.79 Å². The van der Waals surface area contributed by atoms with Crippen LogP contribution in [0.3, 0.4) is 0 Å². The van der Waals surface area contributed by atoms with Gasteiger partial charge in [-0.2, -0.15) is 0 Å². The normalized spacial score (nSPS) is 14.4. The zero-order valence-corrected chi connectivity index (χ0v) is 11.3. The standard InChI is InChI=1S/C14H14N2O2S/c1-8-10-4-2-3-5-11(10)19-12(8)14(18)16-15-13(17)9-6-7-9/h2-5,9H,6-7H2,1H3,(H,15,17)(H,16,18). The first-order valence-electron chi connectivity index (χ1n) is 6.25. The second-order valence-electron chi connectivity index (χ2n) is 4.77. The highest BCUT2D eigenvalue weighted by molar-refractivity contribution is 7.21. The Balaban J connectivity index is 1.77. The van der Waals surface area contributed by atoms with Crippen LogP contribution in [0.25, 0.3) is 10.1 Å². The molecular formula is C14H14N2O2S. The first-order chi connectivity index (χ1) is 9.16. The molecule has 1 heterocycles. The van der Waals surface area contributed by atoms with Gasteiger partial charge in [-0.15, -0.1) is 11.3 Å². The Morgan fingerprint density at radius 3 is 2.63 bits per heavy atom. The second-order valence-corrected chi connectivity index (χ2v) is 5.82. The number of thiophene rings is 1. The van der Waals surface area contributed by atoms with Crippen LogP contribution in [-0.4, -0.2) is 11.8 Å². The predicted molar refractivity (Wildman–Crippen MR) is 74.9 cm³/mol. The van der Waals surface area contributed by atoms with Crippen molar-refractivity contribution in [3.05, 3.63) is 34.7 Å². The molecule has 3 rings (SSSR count). The molecule has 1 aliphatic carbocycles. The quantitative estimate of drug-likeness (QED) is 0.826. The van der Waals surface area contributed by atoms with E-state index in [1.54, 1.807) is 0 Å². The highest BCUT2D eigenvalue weighted by Gasteiger charge is 2.30. The monoisotopic (exact) mass is 274 g/mol. The van der Waals surface area contributed by atoms with Crippen LogP contribution < -0.4 is 10.9 Å². The van der Waals surface area contributed by atoms with Gasteiger partial charge in [0.15, 0.2) is 0 Å². The van der Waals surface area contributed by atoms with Gasteiger partial charge in [-0.3, -0.25) is 20.4 Å². The molecule has 0 aliphatic heterocycles. The van der Waals surface area contributed by atoms with Crippen LogP contribution in [0.4, 0.5) is 0 Å². The minimum Gasteiger partial charge on any atom is -0.273 e. The van der Waals surface area contributed by atoms with E-state index in [4.69, 9.17) is 0 Å². The highest BCUT2D eigenvalue weighted by Crippen LogP contribution is 2.30. The summed E-state index contributed by atoms with van der Waals surface area (Å²) in [4.78, 5) is 24.2. The van der Waals surface area contributed by atoms with Gasteiger partial charge in [0.2, 0.25) is 5.91 Å². The number of benzene rings is 1. The summed E-state index contributed by atoms with van der Waals surface area (Å²) in [5, 5.41) is 1.09. The Morgan fingerprint density at radius 2 is 1.95 bits per heavy atom. The molecular weight excluding hydrogens is 260 g/mol. The third kappa shape index (κ3) is 2.33. The Morgan fingerprint density at radius 1 is 1.21 bits per heavy atom. The lowest BCUT2D eigenvalue weighted by Crippen LogP contribution is -2.42. The lowest BCUT2D eigenvalue weighted by Gasteiger charge is -2.05. The molecule has 5 heteroatoms. The van der Waals surface area contributed by atoms with Crippen LogP contribution in [0.2, 0.25) is 0 Å². The molecule has 4 nitrogen and oxygen atoms in total. The molecule has 1 fully saturated rings. The van der Waals surface area contributed by atoms with Crippen LogP contribution >= 0.6 is 11.3 Å². The summed E-state index contributed by atoms with van der Waals surface area (Å²) >= 11 is 1.44. The number of hydrazine groups is 1. The first kappa shape index (κ1) is 12.2. The zero-order valence-electron chi connectivity index (χ0n) is 10.5. The maximum Gasteiger partial charge on any atom is 0.280 e. The molecule has 0 unspecified atom stereocenters. The average Bonchev–Trinajstić information content (AvgIpc) is 3.21. The number of carbonyl (C=O) groups excluding carboxylic acids is 2. The summed E-state index contributed by atoms with van der Waals surface area (Å²) in [6.07, 6.45) is 1.84. The third-order valence-electron chi connectivity index (χ3n) is 3.30. The number of hydrogen-bond acceptors (Lipinski definition) is 3. The number of aryl methyl sites for hydroxylation is 1. The molecule has 2 aromatic rings. The fourth-order valence-corrected chi connectivity index (χ4v) is 3.12. The Labute approximate surface area is 114 Å². The number of amides is 2. The largest absolute Gasteiger partial charge is 0.280 e. The van der Waals surface area contributed by atoms with E-state index in [1.165, 1.54) is 11.3 Å². The molecule has 0 atom stereocenters. The van der Waals surface area contributed by atoms with Crippen molar-refractivity contribution < 1.29 is 9.59 Å². The van der Waals surface area contributed by atoms with Crippen LogP contribution in [0.1, 0.15) is 28.1 Å². The van der Waals surface area contributed by atoms with Gasteiger partial charge < -0.3 is 0 Å². The van der Waals surface area contributed by atoms with E-state index in [2.05, 4.69) is 10.9 Å². The summed E-state index contributed by atoms with van der Waals surface area (Å²) < 4.78 is 1.08. The van der Waals surface area contributed by atoms with Gasteiger partial charge in [-0.1, -0.05) is 18.2 Å². The van der Waals surface area contributed by atoms with E-state index in [0.29, 0.717) is 4.88 Å². The van der Waals surface area contributed by atoms with Crippen molar-refractivity contribution in [3.8, 4) is 0 Å². The molecule has 19 heavy (non-hydrogen) atoms. The molecule has 0 saturated heterocycles. The minimum absolute atomic E-state index is 0.0869. The van der Waals surface area contributed by atoms with Crippen molar-refractivity contribution in [3.63, 3.8) is 0 Å². The summed E-state index contributed by atoms with van der Waals surface area (Å²) in [6, 6.07) is 7.90. The second kappa shape index (κ2) is 4.66. The van der Waals surface area contributed by atoms with E-state index in [-0.39, 0.29) is 17.7 Å². The summed E-state index contributed by atoms with van der Waals surface area (Å²) in [6.45, 7) is 1.93. The van der Waals surface area contributed by atoms with Gasteiger partial charge in [-0.25, -0.2) is 0 Å². The van der Waals surface area contributed by atoms with Crippen molar-refractivity contribution in [1.29, 1.82) is 0 Å². The Kier molecular flexibility index (Phi) is 2.98. The topological polar surface area (TPSA) is 58.2 Å². The van der Waals surface area contributed by atoms with Crippen molar-refractivity contribution in [2.24, 2.45) is 5.92 Å². The maximum atomic E-state index is 12.1. The summed E-state index contributed by atoms with van der Waals surface area (Å²) in [5.41, 5.74) is 5.93. The summed E-state index contributed by atoms with van der Waals surface area (Å²) in [7, 11) is 0. The molecule has 1 saturated carbocycles. The van der Waals surface area contributed by atoms with E-state index in [9.17, 15) is 9.59 Å². The lowest BCUT2D eigenvalue weighted by atomic mass is 10.1. The lowest BCUT2D eigenvalue weighted by molar-refractivity contribution is -0.123. The fourth-order valence-electron chi connectivity index (χ4n) is 2.01. The number of nitrogens with one attached hydrogen (secondary N) is 2. The molecule has 0 radical (unpaired) electrons. The van der Waals surface area contributed by atoms with Crippen LogP contribution in [0.15, 0.2) is 24.3 Å². The molecule has 98 valence electrons. The van der Waals surface area contributed by atoms with Crippen molar-refractivity contribution in [2.45, 2.75) is 19.8 Å². The molecule has 0 spiro atoms. The molecule has 2 N–H and O–H groups in total. The van der Waals surface area contributed by atoms with Crippen LogP contribution in [0, 0.1) is 12.8 Å². The highest BCUT2D eigenvalue weighted by atomic mass is 32.1. The van der Waals surface area contributed by atoms with E-state index < -0.39 is 0 Å². The van der Waals surface area contributed by atoms with E-state index in [1.807, 2.05) is 31.2 Å². The van der Waals surface area contributed by atoms with E-state index >= 15 is 0 Å².